The lowest BCUT2D eigenvalue weighted by Gasteiger charge is -2.43. The Hall–Kier alpha value is -4.43. The zero-order chi connectivity index (χ0) is 33.2. The number of pyridine rings is 3. The fraction of sp³-hybridized carbons (Fsp3) is 0.400. The van der Waals surface area contributed by atoms with E-state index in [0.717, 1.165) is 63.3 Å². The van der Waals surface area contributed by atoms with Crippen LogP contribution in [0.15, 0.2) is 58.6 Å². The molecular weight excluding hydrogens is 629 g/mol. The van der Waals surface area contributed by atoms with E-state index >= 15 is 0 Å². The Morgan fingerprint density at radius 2 is 1.85 bits per heavy atom. The second-order valence-electron chi connectivity index (χ2n) is 13.7. The van der Waals surface area contributed by atoms with Crippen LogP contribution in [-0.2, 0) is 31.2 Å². The number of ether oxygens (including phenoxy) is 1. The van der Waals surface area contributed by atoms with Crippen LogP contribution in [0.2, 0.25) is 0 Å². The number of aliphatic hydroxyl groups excluding tert-OH is 1. The van der Waals surface area contributed by atoms with Crippen LogP contribution < -0.4 is 21.3 Å². The second-order valence-corrected chi connectivity index (χ2v) is 14.8. The molecule has 2 fully saturated rings. The van der Waals surface area contributed by atoms with Gasteiger partial charge < -0.3 is 24.6 Å². The lowest BCUT2D eigenvalue weighted by molar-refractivity contribution is -0.0660. The van der Waals surface area contributed by atoms with Gasteiger partial charge in [-0.25, -0.2) is 9.97 Å². The van der Waals surface area contributed by atoms with Crippen LogP contribution in [0.5, 0.6) is 0 Å². The van der Waals surface area contributed by atoms with Gasteiger partial charge in [0.1, 0.15) is 16.2 Å². The smallest absolute Gasteiger partial charge is 0.290 e. The molecule has 3 aliphatic rings. The molecule has 1 aliphatic carbocycles. The van der Waals surface area contributed by atoms with Crippen molar-refractivity contribution in [3.05, 3.63) is 85.8 Å². The number of thiophene rings is 1. The highest BCUT2D eigenvalue weighted by Crippen LogP contribution is 2.43. The maximum atomic E-state index is 13.8. The van der Waals surface area contributed by atoms with Crippen molar-refractivity contribution < 1.29 is 9.84 Å². The fourth-order valence-corrected chi connectivity index (χ4v) is 8.63. The van der Waals surface area contributed by atoms with Crippen molar-refractivity contribution in [2.75, 3.05) is 49.6 Å². The minimum absolute atomic E-state index is 0.175. The van der Waals surface area contributed by atoms with Gasteiger partial charge >= 0.3 is 0 Å². The number of aromatic nitrogens is 5. The predicted molar refractivity (Wildman–Crippen MR) is 187 cm³/mol. The molecule has 248 valence electrons. The molecule has 0 amide bonds. The molecule has 12 nitrogen and oxygen atoms in total. The summed E-state index contributed by atoms with van der Waals surface area (Å²) in [5.41, 5.74) is 4.04. The van der Waals surface area contributed by atoms with Gasteiger partial charge in [0.2, 0.25) is 0 Å². The molecule has 0 radical (unpaired) electrons. The summed E-state index contributed by atoms with van der Waals surface area (Å²) in [6.45, 7) is 9.61. The Morgan fingerprint density at radius 1 is 1.04 bits per heavy atom. The van der Waals surface area contributed by atoms with Crippen LogP contribution in [0.3, 0.4) is 0 Å². The normalized spacial score (nSPS) is 17.9. The van der Waals surface area contributed by atoms with Gasteiger partial charge in [0, 0.05) is 67.0 Å². The van der Waals surface area contributed by atoms with Crippen molar-refractivity contribution in [1.82, 2.24) is 29.2 Å². The van der Waals surface area contributed by atoms with Gasteiger partial charge in [-0.2, -0.15) is 9.78 Å². The molecule has 7 heterocycles. The highest BCUT2D eigenvalue weighted by atomic mass is 32.1. The van der Waals surface area contributed by atoms with Crippen molar-refractivity contribution in [3.8, 4) is 16.9 Å². The number of anilines is 3. The first-order chi connectivity index (χ1) is 23.2. The van der Waals surface area contributed by atoms with Gasteiger partial charge in [0.25, 0.3) is 11.1 Å². The summed E-state index contributed by atoms with van der Waals surface area (Å²) in [4.78, 5) is 42.2. The lowest BCUT2D eigenvalue weighted by Crippen LogP contribution is -2.56. The van der Waals surface area contributed by atoms with Crippen LogP contribution in [0.25, 0.3) is 27.0 Å². The van der Waals surface area contributed by atoms with E-state index in [1.54, 1.807) is 37.8 Å². The molecule has 2 N–H and O–H groups in total. The summed E-state index contributed by atoms with van der Waals surface area (Å²) >= 11 is 1.53. The van der Waals surface area contributed by atoms with Gasteiger partial charge in [-0.05, 0) is 53.6 Å². The van der Waals surface area contributed by atoms with E-state index in [2.05, 4.69) is 44.0 Å². The first kappa shape index (κ1) is 30.9. The van der Waals surface area contributed by atoms with Crippen molar-refractivity contribution in [3.63, 3.8) is 0 Å². The Morgan fingerprint density at radius 3 is 2.56 bits per heavy atom. The summed E-state index contributed by atoms with van der Waals surface area (Å²) in [6, 6.07) is 7.97. The highest BCUT2D eigenvalue weighted by molar-refractivity contribution is 7.19. The summed E-state index contributed by atoms with van der Waals surface area (Å²) < 4.78 is 8.78. The number of nitrogens with zero attached hydrogens (tertiary/aromatic N) is 7. The molecule has 0 saturated carbocycles. The topological polar surface area (TPSA) is 131 Å². The van der Waals surface area contributed by atoms with Crippen molar-refractivity contribution in [1.29, 1.82) is 0 Å². The number of fused-ring (bicyclic) bond motifs is 3. The molecule has 2 aliphatic heterocycles. The number of piperazine rings is 1. The Balaban J connectivity index is 1.07. The van der Waals surface area contributed by atoms with Crippen LogP contribution in [0.4, 0.5) is 17.2 Å². The number of hydrogen-bond donors (Lipinski definition) is 2. The van der Waals surface area contributed by atoms with E-state index in [0.29, 0.717) is 38.9 Å². The number of hydrogen-bond acceptors (Lipinski definition) is 11. The molecule has 0 spiro atoms. The molecule has 13 heteroatoms. The summed E-state index contributed by atoms with van der Waals surface area (Å²) in [7, 11) is 1.68. The zero-order valence-electron chi connectivity index (χ0n) is 27.3. The predicted octanol–water partition coefficient (Wildman–Crippen LogP) is 3.48. The standard InChI is InChI=1S/C35H38N8O4S/c1-35(2)13-25-26-16-38-43(34(46)31(26)48-29(25)14-35)32-27(18-44)24(6-7-36-32)21-12-28(33(45)40(3)17-21)39-30-5-4-22(15-37-30)41-8-10-42(11-9-41)23-19-47-20-23/h4-7,12,15-17,23,44H,8-11,13-14,18-20H2,1-3H3,(H,37,39). The van der Waals surface area contributed by atoms with E-state index in [9.17, 15) is 14.7 Å². The SMILES string of the molecule is Cn1cc(-c2ccnc(-n3ncc4c5c(sc4c3=O)CC(C)(C)C5)c2CO)cc(Nc2ccc(N3CCN(C4COC4)CC3)cn2)c1=O. The van der Waals surface area contributed by atoms with E-state index in [4.69, 9.17) is 4.74 Å². The van der Waals surface area contributed by atoms with Crippen LogP contribution in [0.1, 0.15) is 29.9 Å². The van der Waals surface area contributed by atoms with Gasteiger partial charge in [0.05, 0.1) is 43.9 Å². The summed E-state index contributed by atoms with van der Waals surface area (Å²) in [6.07, 6.45) is 8.75. The first-order valence-electron chi connectivity index (χ1n) is 16.3. The Labute approximate surface area is 281 Å². The van der Waals surface area contributed by atoms with E-state index in [1.807, 2.05) is 18.3 Å². The third-order valence-corrected chi connectivity index (χ3v) is 11.1. The van der Waals surface area contributed by atoms with Crippen molar-refractivity contribution >= 4 is 38.6 Å². The van der Waals surface area contributed by atoms with Crippen molar-refractivity contribution in [2.45, 2.75) is 39.3 Å². The van der Waals surface area contributed by atoms with E-state index in [-0.39, 0.29) is 29.0 Å². The Kier molecular flexibility index (Phi) is 7.67. The quantitative estimate of drug-likeness (QED) is 0.266. The van der Waals surface area contributed by atoms with Crippen LogP contribution >= 0.6 is 11.3 Å². The third kappa shape index (κ3) is 5.40. The number of nitrogens with one attached hydrogen (secondary N) is 1. The average molecular weight is 667 g/mol. The molecule has 0 atom stereocenters. The minimum Gasteiger partial charge on any atom is -0.392 e. The lowest BCUT2D eigenvalue weighted by atomic mass is 9.90. The number of aliphatic hydroxyl groups is 1. The van der Waals surface area contributed by atoms with Gasteiger partial charge in [-0.15, -0.1) is 11.3 Å². The maximum absolute atomic E-state index is 13.8. The van der Waals surface area contributed by atoms with E-state index in [1.165, 1.54) is 31.0 Å². The zero-order valence-corrected chi connectivity index (χ0v) is 28.1. The minimum atomic E-state index is -0.378. The molecule has 0 aromatic carbocycles. The first-order valence-corrected chi connectivity index (χ1v) is 17.1. The largest absolute Gasteiger partial charge is 0.392 e. The molecule has 48 heavy (non-hydrogen) atoms. The molecule has 8 rings (SSSR count). The highest BCUT2D eigenvalue weighted by Gasteiger charge is 2.33. The molecule has 0 bridgehead atoms. The summed E-state index contributed by atoms with van der Waals surface area (Å²) in [5.74, 6) is 0.810. The molecular formula is C35H38N8O4S. The van der Waals surface area contributed by atoms with Gasteiger partial charge in [0.15, 0.2) is 5.82 Å². The maximum Gasteiger partial charge on any atom is 0.290 e. The molecule has 5 aromatic heterocycles. The average Bonchev–Trinajstić information content (AvgIpc) is 3.55. The fourth-order valence-electron chi connectivity index (χ4n) is 7.15. The molecule has 0 unspecified atom stereocenters. The monoisotopic (exact) mass is 666 g/mol. The van der Waals surface area contributed by atoms with E-state index < -0.39 is 0 Å². The van der Waals surface area contributed by atoms with Gasteiger partial charge in [-0.1, -0.05) is 13.8 Å². The summed E-state index contributed by atoms with van der Waals surface area (Å²) in [5, 5.41) is 19.2. The number of rotatable bonds is 7. The van der Waals surface area contributed by atoms with Crippen LogP contribution in [-0.4, -0.2) is 79.8 Å². The van der Waals surface area contributed by atoms with Gasteiger partial charge in [-0.3, -0.25) is 14.5 Å². The third-order valence-electron chi connectivity index (χ3n) is 9.83. The Bertz CT molecular complexity index is 2140. The number of aryl methyl sites for hydroxylation is 1. The van der Waals surface area contributed by atoms with Crippen molar-refractivity contribution in [2.24, 2.45) is 12.5 Å². The molecule has 5 aromatic rings. The van der Waals surface area contributed by atoms with Crippen LogP contribution in [0, 0.1) is 5.41 Å². The molecule has 2 saturated heterocycles. The second kappa shape index (κ2) is 11.9.